The number of benzene rings is 1. The van der Waals surface area contributed by atoms with Crippen molar-refractivity contribution in [3.8, 4) is 0 Å². The first-order valence-corrected chi connectivity index (χ1v) is 7.36. The molecule has 106 valence electrons. The lowest BCUT2D eigenvalue weighted by molar-refractivity contribution is 0.591. The Kier molecular flexibility index (Phi) is 4.91. The summed E-state index contributed by atoms with van der Waals surface area (Å²) in [4.78, 5) is 4.62. The summed E-state index contributed by atoms with van der Waals surface area (Å²) >= 11 is 0. The molecule has 2 rings (SSSR count). The standard InChI is InChI=1S/C18H24N2/c1-5-12-19-18(16-9-7-6-8-13(16)2)17-11-10-14(3)20-15(17)4/h6-11,18-19H,5,12H2,1-4H3. The van der Waals surface area contributed by atoms with Gasteiger partial charge in [-0.15, -0.1) is 0 Å². The molecule has 1 aromatic carbocycles. The molecule has 0 fully saturated rings. The van der Waals surface area contributed by atoms with E-state index in [0.717, 1.165) is 24.4 Å². The Bertz CT molecular complexity index is 575. The van der Waals surface area contributed by atoms with Crippen LogP contribution >= 0.6 is 0 Å². The van der Waals surface area contributed by atoms with Crippen molar-refractivity contribution in [2.75, 3.05) is 6.54 Å². The Morgan fingerprint density at radius 2 is 1.75 bits per heavy atom. The predicted octanol–water partition coefficient (Wildman–Crippen LogP) is 4.10. The van der Waals surface area contributed by atoms with Crippen molar-refractivity contribution in [1.82, 2.24) is 10.3 Å². The molecular formula is C18H24N2. The molecular weight excluding hydrogens is 244 g/mol. The molecule has 1 unspecified atom stereocenters. The van der Waals surface area contributed by atoms with Crippen LogP contribution in [-0.4, -0.2) is 11.5 Å². The molecule has 1 N–H and O–H groups in total. The number of hydrogen-bond acceptors (Lipinski definition) is 2. The molecule has 0 saturated heterocycles. The van der Waals surface area contributed by atoms with Gasteiger partial charge in [0.15, 0.2) is 0 Å². The van der Waals surface area contributed by atoms with Crippen LogP contribution in [0.3, 0.4) is 0 Å². The monoisotopic (exact) mass is 268 g/mol. The zero-order chi connectivity index (χ0) is 14.5. The van der Waals surface area contributed by atoms with Crippen molar-refractivity contribution in [3.63, 3.8) is 0 Å². The summed E-state index contributed by atoms with van der Waals surface area (Å²) in [5.74, 6) is 0. The maximum absolute atomic E-state index is 4.62. The van der Waals surface area contributed by atoms with E-state index >= 15 is 0 Å². The van der Waals surface area contributed by atoms with Crippen LogP contribution in [0, 0.1) is 20.8 Å². The minimum Gasteiger partial charge on any atom is -0.306 e. The third-order valence-electron chi connectivity index (χ3n) is 3.67. The molecule has 0 radical (unpaired) electrons. The molecule has 2 heteroatoms. The highest BCUT2D eigenvalue weighted by molar-refractivity contribution is 5.38. The summed E-state index contributed by atoms with van der Waals surface area (Å²) < 4.78 is 0. The van der Waals surface area contributed by atoms with Gasteiger partial charge in [0.25, 0.3) is 0 Å². The summed E-state index contributed by atoms with van der Waals surface area (Å²) in [7, 11) is 0. The summed E-state index contributed by atoms with van der Waals surface area (Å²) in [6.45, 7) is 9.52. The van der Waals surface area contributed by atoms with Crippen molar-refractivity contribution < 1.29 is 0 Å². The van der Waals surface area contributed by atoms with Gasteiger partial charge >= 0.3 is 0 Å². The number of nitrogens with zero attached hydrogens (tertiary/aromatic N) is 1. The molecule has 0 aliphatic heterocycles. The fourth-order valence-corrected chi connectivity index (χ4v) is 2.59. The summed E-state index contributed by atoms with van der Waals surface area (Å²) in [6, 6.07) is 13.1. The van der Waals surface area contributed by atoms with Gasteiger partial charge in [-0.25, -0.2) is 0 Å². The van der Waals surface area contributed by atoms with Crippen LogP contribution in [0.15, 0.2) is 36.4 Å². The first-order chi connectivity index (χ1) is 9.63. The molecule has 2 aromatic rings. The largest absolute Gasteiger partial charge is 0.306 e. The van der Waals surface area contributed by atoms with E-state index in [2.05, 4.69) is 67.5 Å². The Morgan fingerprint density at radius 3 is 2.40 bits per heavy atom. The number of aryl methyl sites for hydroxylation is 3. The molecule has 2 nitrogen and oxygen atoms in total. The molecule has 20 heavy (non-hydrogen) atoms. The van der Waals surface area contributed by atoms with Crippen LogP contribution in [-0.2, 0) is 0 Å². The van der Waals surface area contributed by atoms with Crippen molar-refractivity contribution >= 4 is 0 Å². The van der Waals surface area contributed by atoms with Gasteiger partial charge in [0, 0.05) is 11.4 Å². The van der Waals surface area contributed by atoms with Crippen LogP contribution in [0.25, 0.3) is 0 Å². The van der Waals surface area contributed by atoms with E-state index in [0.29, 0.717) is 0 Å². The Labute approximate surface area is 122 Å². The number of aromatic nitrogens is 1. The molecule has 0 amide bonds. The van der Waals surface area contributed by atoms with Crippen LogP contribution in [0.2, 0.25) is 0 Å². The van der Waals surface area contributed by atoms with E-state index in [-0.39, 0.29) is 6.04 Å². The predicted molar refractivity (Wildman–Crippen MR) is 85.0 cm³/mol. The van der Waals surface area contributed by atoms with E-state index in [1.807, 2.05) is 6.92 Å². The highest BCUT2D eigenvalue weighted by atomic mass is 14.9. The van der Waals surface area contributed by atoms with E-state index in [1.165, 1.54) is 16.7 Å². The highest BCUT2D eigenvalue weighted by Crippen LogP contribution is 2.26. The fourth-order valence-electron chi connectivity index (χ4n) is 2.59. The van der Waals surface area contributed by atoms with Crippen LogP contribution in [0.5, 0.6) is 0 Å². The maximum atomic E-state index is 4.62. The average Bonchev–Trinajstić information content (AvgIpc) is 2.42. The minimum atomic E-state index is 0.226. The second-order valence-corrected chi connectivity index (χ2v) is 5.37. The molecule has 1 atom stereocenters. The van der Waals surface area contributed by atoms with Gasteiger partial charge in [-0.1, -0.05) is 37.3 Å². The van der Waals surface area contributed by atoms with Gasteiger partial charge in [-0.05, 0) is 56.5 Å². The Hall–Kier alpha value is -1.67. The average molecular weight is 268 g/mol. The van der Waals surface area contributed by atoms with Gasteiger partial charge in [0.1, 0.15) is 0 Å². The number of nitrogens with one attached hydrogen (secondary N) is 1. The normalized spacial score (nSPS) is 12.4. The zero-order valence-corrected chi connectivity index (χ0v) is 12.9. The van der Waals surface area contributed by atoms with Gasteiger partial charge in [-0.2, -0.15) is 0 Å². The smallest absolute Gasteiger partial charge is 0.0597 e. The van der Waals surface area contributed by atoms with Crippen molar-refractivity contribution in [1.29, 1.82) is 0 Å². The van der Waals surface area contributed by atoms with E-state index < -0.39 is 0 Å². The first kappa shape index (κ1) is 14.7. The molecule has 0 saturated carbocycles. The zero-order valence-electron chi connectivity index (χ0n) is 12.9. The number of pyridine rings is 1. The summed E-state index contributed by atoms with van der Waals surface area (Å²) in [6.07, 6.45) is 1.13. The SMILES string of the molecule is CCCNC(c1ccccc1C)c1ccc(C)nc1C. The van der Waals surface area contributed by atoms with Gasteiger partial charge in [0.05, 0.1) is 6.04 Å². The lowest BCUT2D eigenvalue weighted by Crippen LogP contribution is -2.25. The molecule has 0 spiro atoms. The second kappa shape index (κ2) is 6.67. The molecule has 1 heterocycles. The number of hydrogen-bond donors (Lipinski definition) is 1. The molecule has 0 aliphatic carbocycles. The Balaban J connectivity index is 2.44. The third kappa shape index (κ3) is 3.26. The van der Waals surface area contributed by atoms with Gasteiger partial charge in [-0.3, -0.25) is 4.98 Å². The quantitative estimate of drug-likeness (QED) is 0.883. The van der Waals surface area contributed by atoms with E-state index in [4.69, 9.17) is 0 Å². The van der Waals surface area contributed by atoms with Gasteiger partial charge < -0.3 is 5.32 Å². The third-order valence-corrected chi connectivity index (χ3v) is 3.67. The number of rotatable bonds is 5. The fraction of sp³-hybridized carbons (Fsp3) is 0.389. The maximum Gasteiger partial charge on any atom is 0.0597 e. The van der Waals surface area contributed by atoms with Crippen LogP contribution < -0.4 is 5.32 Å². The van der Waals surface area contributed by atoms with Crippen LogP contribution in [0.4, 0.5) is 0 Å². The lowest BCUT2D eigenvalue weighted by Gasteiger charge is -2.23. The molecule has 0 bridgehead atoms. The minimum absolute atomic E-state index is 0.226. The summed E-state index contributed by atoms with van der Waals surface area (Å²) in [5, 5.41) is 3.66. The molecule has 0 aliphatic rings. The van der Waals surface area contributed by atoms with Gasteiger partial charge in [0.2, 0.25) is 0 Å². The van der Waals surface area contributed by atoms with Crippen molar-refractivity contribution in [3.05, 3.63) is 64.5 Å². The van der Waals surface area contributed by atoms with Crippen molar-refractivity contribution in [2.45, 2.75) is 40.2 Å². The molecule has 1 aromatic heterocycles. The van der Waals surface area contributed by atoms with Crippen molar-refractivity contribution in [2.24, 2.45) is 0 Å². The first-order valence-electron chi connectivity index (χ1n) is 7.36. The highest BCUT2D eigenvalue weighted by Gasteiger charge is 2.17. The van der Waals surface area contributed by atoms with Crippen LogP contribution in [0.1, 0.15) is 47.5 Å². The topological polar surface area (TPSA) is 24.9 Å². The summed E-state index contributed by atoms with van der Waals surface area (Å²) in [5.41, 5.74) is 6.13. The Morgan fingerprint density at radius 1 is 1.00 bits per heavy atom. The van der Waals surface area contributed by atoms with E-state index in [1.54, 1.807) is 0 Å². The second-order valence-electron chi connectivity index (χ2n) is 5.37. The lowest BCUT2D eigenvalue weighted by atomic mass is 9.94. The van der Waals surface area contributed by atoms with E-state index in [9.17, 15) is 0 Å².